The number of carbonyl (C=O) groups is 1. The molecule has 0 aliphatic carbocycles. The number of ether oxygens (including phenoxy) is 1. The summed E-state index contributed by atoms with van der Waals surface area (Å²) in [6.45, 7) is 10.3. The number of esters is 1. The molecule has 0 aromatic rings. The highest BCUT2D eigenvalue weighted by atomic mass is 35.5. The van der Waals surface area contributed by atoms with Gasteiger partial charge in [0.25, 0.3) is 0 Å². The molecular weight excluding hydrogens is 303 g/mol. The average Bonchev–Trinajstić information content (AvgIpc) is 2.26. The van der Waals surface area contributed by atoms with E-state index in [-0.39, 0.29) is 6.61 Å². The van der Waals surface area contributed by atoms with Crippen LogP contribution in [-0.4, -0.2) is 31.3 Å². The zero-order chi connectivity index (χ0) is 15.1. The molecule has 0 aliphatic rings. The number of rotatable bonds is 9. The van der Waals surface area contributed by atoms with Gasteiger partial charge in [-0.15, -0.1) is 0 Å². The number of alkyl halides is 2. The lowest BCUT2D eigenvalue weighted by atomic mass is 10.1. The summed E-state index contributed by atoms with van der Waals surface area (Å²) in [5, 5.41) is 0. The monoisotopic (exact) mass is 328 g/mol. The lowest BCUT2D eigenvalue weighted by molar-refractivity contribution is -0.146. The van der Waals surface area contributed by atoms with E-state index in [9.17, 15) is 4.79 Å². The highest BCUT2D eigenvalue weighted by molar-refractivity contribution is 6.70. The highest BCUT2D eigenvalue weighted by Gasteiger charge is 2.46. The van der Waals surface area contributed by atoms with Gasteiger partial charge in [0.15, 0.2) is 8.32 Å². The molecule has 0 aromatic heterocycles. The highest BCUT2D eigenvalue weighted by Crippen LogP contribution is 2.34. The zero-order valence-corrected chi connectivity index (χ0v) is 15.1. The van der Waals surface area contributed by atoms with Gasteiger partial charge >= 0.3 is 5.97 Å². The first kappa shape index (κ1) is 19.2. The van der Waals surface area contributed by atoms with Gasteiger partial charge < -0.3 is 9.16 Å². The molecule has 0 heterocycles. The number of hydrogen-bond acceptors (Lipinski definition) is 3. The Morgan fingerprint density at radius 3 is 2.21 bits per heavy atom. The van der Waals surface area contributed by atoms with Crippen LogP contribution in [-0.2, 0) is 14.0 Å². The first-order valence-electron chi connectivity index (χ1n) is 6.88. The first-order chi connectivity index (χ1) is 8.65. The van der Waals surface area contributed by atoms with Crippen LogP contribution in [0.1, 0.15) is 39.5 Å². The Morgan fingerprint density at radius 1 is 1.21 bits per heavy atom. The summed E-state index contributed by atoms with van der Waals surface area (Å²) >= 11 is 12.4. The second kappa shape index (κ2) is 8.50. The molecule has 0 radical (unpaired) electrons. The lowest BCUT2D eigenvalue weighted by Gasteiger charge is -2.33. The molecule has 0 saturated carbocycles. The molecule has 0 amide bonds. The molecule has 0 aliphatic heterocycles. The third kappa shape index (κ3) is 7.54. The molecule has 0 fully saturated rings. The van der Waals surface area contributed by atoms with Gasteiger partial charge in [-0.25, -0.2) is 4.79 Å². The Hall–Kier alpha value is 0.227. The fourth-order valence-electron chi connectivity index (χ4n) is 1.68. The van der Waals surface area contributed by atoms with E-state index in [2.05, 4.69) is 26.6 Å². The van der Waals surface area contributed by atoms with Gasteiger partial charge in [0.2, 0.25) is 4.33 Å². The summed E-state index contributed by atoms with van der Waals surface area (Å²) in [5.74, 6) is -0.613. The third-order valence-corrected chi connectivity index (χ3v) is 4.30. The summed E-state index contributed by atoms with van der Waals surface area (Å²) in [4.78, 5) is 11.9. The summed E-state index contributed by atoms with van der Waals surface area (Å²) in [6.07, 6.45) is 3.26. The van der Waals surface area contributed by atoms with Crippen molar-refractivity contribution >= 4 is 37.5 Å². The minimum atomic E-state index is -1.84. The lowest BCUT2D eigenvalue weighted by Crippen LogP contribution is -2.47. The van der Waals surface area contributed by atoms with E-state index < -0.39 is 24.7 Å². The quantitative estimate of drug-likeness (QED) is 0.270. The average molecular weight is 329 g/mol. The van der Waals surface area contributed by atoms with Crippen LogP contribution in [0.15, 0.2) is 0 Å². The molecule has 3 nitrogen and oxygen atoms in total. The summed E-state index contributed by atoms with van der Waals surface area (Å²) in [6, 6.07) is 0. The van der Waals surface area contributed by atoms with Gasteiger partial charge in [-0.2, -0.15) is 0 Å². The van der Waals surface area contributed by atoms with Crippen LogP contribution in [0.3, 0.4) is 0 Å². The second-order valence-corrected chi connectivity index (χ2v) is 11.4. The van der Waals surface area contributed by atoms with Crippen LogP contribution in [0.4, 0.5) is 0 Å². The van der Waals surface area contributed by atoms with Crippen LogP contribution in [0.2, 0.25) is 19.6 Å². The maximum Gasteiger partial charge on any atom is 0.345 e. The fourth-order valence-corrected chi connectivity index (χ4v) is 3.39. The Kier molecular flexibility index (Phi) is 8.60. The number of unbranched alkanes of at least 4 members (excludes halogenated alkanes) is 2. The topological polar surface area (TPSA) is 35.5 Å². The molecule has 1 atom stereocenters. The van der Waals surface area contributed by atoms with E-state index in [0.717, 1.165) is 19.3 Å². The van der Waals surface area contributed by atoms with E-state index in [1.165, 1.54) is 0 Å². The molecule has 6 heteroatoms. The van der Waals surface area contributed by atoms with Gasteiger partial charge in [-0.3, -0.25) is 0 Å². The van der Waals surface area contributed by atoms with Crippen molar-refractivity contribution in [2.45, 2.75) is 69.6 Å². The summed E-state index contributed by atoms with van der Waals surface area (Å²) in [5.41, 5.74) is 0. The maximum atomic E-state index is 11.9. The SMILES string of the molecule is CCCCCC(O[Si](C)(C)C)C(Cl)(Cl)C(=O)OCC. The Balaban J connectivity index is 4.82. The standard InChI is InChI=1S/C13H26Cl2O3Si/c1-6-8-9-10-11(18-19(3,4)5)13(14,15)12(16)17-7-2/h11H,6-10H2,1-5H3. The Morgan fingerprint density at radius 2 is 1.79 bits per heavy atom. The van der Waals surface area contributed by atoms with Crippen molar-refractivity contribution in [3.05, 3.63) is 0 Å². The van der Waals surface area contributed by atoms with Gasteiger partial charge in [0.05, 0.1) is 12.7 Å². The molecule has 0 spiro atoms. The Labute approximate surface area is 128 Å². The minimum absolute atomic E-state index is 0.259. The van der Waals surface area contributed by atoms with Crippen LogP contribution in [0, 0.1) is 0 Å². The molecule has 19 heavy (non-hydrogen) atoms. The smallest absolute Gasteiger partial charge is 0.345 e. The van der Waals surface area contributed by atoms with E-state index in [1.807, 2.05) is 0 Å². The number of carbonyl (C=O) groups excluding carboxylic acids is 1. The van der Waals surface area contributed by atoms with Crippen molar-refractivity contribution in [1.82, 2.24) is 0 Å². The molecule has 0 saturated heterocycles. The van der Waals surface area contributed by atoms with Gasteiger partial charge in [0.1, 0.15) is 0 Å². The van der Waals surface area contributed by atoms with Crippen molar-refractivity contribution in [2.24, 2.45) is 0 Å². The molecule has 0 aromatic carbocycles. The third-order valence-electron chi connectivity index (χ3n) is 2.52. The molecule has 0 N–H and O–H groups in total. The molecule has 1 unspecified atom stereocenters. The van der Waals surface area contributed by atoms with Crippen molar-refractivity contribution in [1.29, 1.82) is 0 Å². The predicted octanol–water partition coefficient (Wildman–Crippen LogP) is 4.52. The number of halogens is 2. The van der Waals surface area contributed by atoms with Crippen molar-refractivity contribution in [2.75, 3.05) is 6.61 Å². The van der Waals surface area contributed by atoms with Crippen molar-refractivity contribution in [3.8, 4) is 0 Å². The summed E-state index contributed by atoms with van der Waals surface area (Å²) in [7, 11) is -1.84. The predicted molar refractivity (Wildman–Crippen MR) is 83.4 cm³/mol. The van der Waals surface area contributed by atoms with E-state index in [0.29, 0.717) is 6.42 Å². The van der Waals surface area contributed by atoms with Gasteiger partial charge in [-0.1, -0.05) is 49.4 Å². The largest absolute Gasteiger partial charge is 0.464 e. The fraction of sp³-hybridized carbons (Fsp3) is 0.923. The van der Waals surface area contributed by atoms with Gasteiger partial charge in [0, 0.05) is 0 Å². The maximum absolute atomic E-state index is 11.9. The normalized spacial score (nSPS) is 14.3. The van der Waals surface area contributed by atoms with Crippen LogP contribution in [0.5, 0.6) is 0 Å². The first-order valence-corrected chi connectivity index (χ1v) is 11.0. The zero-order valence-electron chi connectivity index (χ0n) is 12.6. The second-order valence-electron chi connectivity index (χ2n) is 5.56. The van der Waals surface area contributed by atoms with Gasteiger partial charge in [-0.05, 0) is 33.0 Å². The van der Waals surface area contributed by atoms with Crippen molar-refractivity contribution in [3.63, 3.8) is 0 Å². The number of hydrogen-bond donors (Lipinski definition) is 0. The molecule has 0 bridgehead atoms. The van der Waals surface area contributed by atoms with E-state index in [4.69, 9.17) is 32.4 Å². The Bertz CT molecular complexity index is 278. The van der Waals surface area contributed by atoms with Crippen LogP contribution >= 0.6 is 23.2 Å². The van der Waals surface area contributed by atoms with E-state index in [1.54, 1.807) is 6.92 Å². The van der Waals surface area contributed by atoms with Crippen molar-refractivity contribution < 1.29 is 14.0 Å². The van der Waals surface area contributed by atoms with Crippen LogP contribution < -0.4 is 0 Å². The van der Waals surface area contributed by atoms with E-state index >= 15 is 0 Å². The molecular formula is C13H26Cl2O3Si. The minimum Gasteiger partial charge on any atom is -0.464 e. The molecule has 0 rings (SSSR count). The molecule has 114 valence electrons. The van der Waals surface area contributed by atoms with Crippen LogP contribution in [0.25, 0.3) is 0 Å². The summed E-state index contributed by atoms with van der Waals surface area (Å²) < 4.78 is 9.31.